The number of aromatic nitrogens is 2. The van der Waals surface area contributed by atoms with Gasteiger partial charge in [-0.05, 0) is 39.3 Å². The van der Waals surface area contributed by atoms with Gasteiger partial charge in [-0.25, -0.2) is 4.79 Å². The molecule has 0 spiro atoms. The molecular weight excluding hydrogens is 290 g/mol. The highest BCUT2D eigenvalue weighted by molar-refractivity contribution is 7.18. The molecule has 0 aromatic carbocycles. The summed E-state index contributed by atoms with van der Waals surface area (Å²) in [5.74, 6) is -0.605. The van der Waals surface area contributed by atoms with Gasteiger partial charge in [-0.2, -0.15) is 5.10 Å². The minimum atomic E-state index is -0.365. The standard InChI is InChI=1S/C14H17N3O3S/c1-5-20-14(19)12-7(2)6-10(21-12)15-13(18)11-8(3)16-17-9(11)4/h6H,5H2,1-4H3,(H,15,18)(H,16,17). The van der Waals surface area contributed by atoms with Crippen LogP contribution in [0.4, 0.5) is 5.00 Å². The van der Waals surface area contributed by atoms with Gasteiger partial charge >= 0.3 is 5.97 Å². The van der Waals surface area contributed by atoms with E-state index in [1.165, 1.54) is 11.3 Å². The number of esters is 1. The first-order valence-electron chi connectivity index (χ1n) is 6.54. The second-order valence-electron chi connectivity index (χ2n) is 4.61. The molecule has 6 nitrogen and oxygen atoms in total. The largest absolute Gasteiger partial charge is 0.462 e. The number of H-pyrrole nitrogens is 1. The molecule has 0 radical (unpaired) electrons. The summed E-state index contributed by atoms with van der Waals surface area (Å²) in [7, 11) is 0. The molecule has 7 heteroatoms. The maximum Gasteiger partial charge on any atom is 0.348 e. The van der Waals surface area contributed by atoms with E-state index in [2.05, 4.69) is 15.5 Å². The fraction of sp³-hybridized carbons (Fsp3) is 0.357. The Morgan fingerprint density at radius 3 is 2.67 bits per heavy atom. The van der Waals surface area contributed by atoms with Crippen LogP contribution in [0.1, 0.15) is 43.9 Å². The van der Waals surface area contributed by atoms with E-state index in [9.17, 15) is 9.59 Å². The van der Waals surface area contributed by atoms with E-state index in [0.29, 0.717) is 33.4 Å². The van der Waals surface area contributed by atoms with Gasteiger partial charge < -0.3 is 10.1 Å². The maximum atomic E-state index is 12.3. The molecule has 0 saturated heterocycles. The van der Waals surface area contributed by atoms with Gasteiger partial charge in [0.1, 0.15) is 4.88 Å². The molecule has 0 unspecified atom stereocenters. The zero-order chi connectivity index (χ0) is 15.6. The molecule has 2 aromatic heterocycles. The van der Waals surface area contributed by atoms with Crippen molar-refractivity contribution in [1.29, 1.82) is 0 Å². The van der Waals surface area contributed by atoms with Crippen molar-refractivity contribution in [1.82, 2.24) is 10.2 Å². The van der Waals surface area contributed by atoms with Gasteiger partial charge in [0.15, 0.2) is 0 Å². The Hall–Kier alpha value is -2.15. The van der Waals surface area contributed by atoms with E-state index in [-0.39, 0.29) is 11.9 Å². The van der Waals surface area contributed by atoms with Crippen LogP contribution < -0.4 is 5.32 Å². The molecule has 2 aromatic rings. The number of aromatic amines is 1. The topological polar surface area (TPSA) is 84.1 Å². The van der Waals surface area contributed by atoms with Crippen LogP contribution in [-0.2, 0) is 4.74 Å². The van der Waals surface area contributed by atoms with E-state index in [4.69, 9.17) is 4.74 Å². The number of thiophene rings is 1. The van der Waals surface area contributed by atoms with Crippen molar-refractivity contribution >= 4 is 28.2 Å². The minimum absolute atomic E-state index is 0.240. The van der Waals surface area contributed by atoms with E-state index in [1.807, 2.05) is 6.92 Å². The smallest absolute Gasteiger partial charge is 0.348 e. The Bertz CT molecular complexity index is 668. The van der Waals surface area contributed by atoms with E-state index in [0.717, 1.165) is 5.56 Å². The first-order valence-corrected chi connectivity index (χ1v) is 7.36. The van der Waals surface area contributed by atoms with Gasteiger partial charge in [-0.15, -0.1) is 11.3 Å². The summed E-state index contributed by atoms with van der Waals surface area (Å²) in [4.78, 5) is 24.5. The van der Waals surface area contributed by atoms with Crippen molar-refractivity contribution in [2.24, 2.45) is 0 Å². The van der Waals surface area contributed by atoms with Crippen LogP contribution in [0.5, 0.6) is 0 Å². The predicted octanol–water partition coefficient (Wildman–Crippen LogP) is 2.83. The maximum absolute atomic E-state index is 12.3. The third kappa shape index (κ3) is 3.13. The third-order valence-electron chi connectivity index (χ3n) is 2.97. The van der Waals surface area contributed by atoms with Crippen LogP contribution in [0.15, 0.2) is 6.07 Å². The lowest BCUT2D eigenvalue weighted by molar-refractivity contribution is 0.0531. The number of carbonyl (C=O) groups excluding carboxylic acids is 2. The Morgan fingerprint density at radius 1 is 1.38 bits per heavy atom. The first kappa shape index (κ1) is 15.2. The monoisotopic (exact) mass is 307 g/mol. The number of rotatable bonds is 4. The molecular formula is C14H17N3O3S. The predicted molar refractivity (Wildman–Crippen MR) is 81.0 cm³/mol. The minimum Gasteiger partial charge on any atom is -0.462 e. The van der Waals surface area contributed by atoms with Gasteiger partial charge in [0, 0.05) is 5.69 Å². The van der Waals surface area contributed by atoms with Crippen LogP contribution in [-0.4, -0.2) is 28.7 Å². The van der Waals surface area contributed by atoms with Crippen LogP contribution in [0.3, 0.4) is 0 Å². The van der Waals surface area contributed by atoms with Crippen LogP contribution >= 0.6 is 11.3 Å². The van der Waals surface area contributed by atoms with Crippen molar-refractivity contribution in [3.05, 3.63) is 33.5 Å². The second kappa shape index (κ2) is 6.09. The highest BCUT2D eigenvalue weighted by Crippen LogP contribution is 2.28. The summed E-state index contributed by atoms with van der Waals surface area (Å²) in [5.41, 5.74) is 2.67. The van der Waals surface area contributed by atoms with Crippen LogP contribution in [0, 0.1) is 20.8 Å². The average molecular weight is 307 g/mol. The molecule has 112 valence electrons. The molecule has 0 aliphatic rings. The molecule has 0 saturated carbocycles. The highest BCUT2D eigenvalue weighted by Gasteiger charge is 2.19. The molecule has 2 heterocycles. The lowest BCUT2D eigenvalue weighted by atomic mass is 10.2. The Morgan fingerprint density at radius 2 is 2.10 bits per heavy atom. The Kier molecular flexibility index (Phi) is 4.42. The van der Waals surface area contributed by atoms with E-state index >= 15 is 0 Å². The number of carbonyl (C=O) groups is 2. The summed E-state index contributed by atoms with van der Waals surface area (Å²) < 4.78 is 4.98. The lowest BCUT2D eigenvalue weighted by Gasteiger charge is -2.02. The van der Waals surface area contributed by atoms with Gasteiger partial charge in [0.2, 0.25) is 0 Å². The normalized spacial score (nSPS) is 10.5. The highest BCUT2D eigenvalue weighted by atomic mass is 32.1. The SMILES string of the molecule is CCOC(=O)c1sc(NC(=O)c2c(C)n[nH]c2C)cc1C. The first-order chi connectivity index (χ1) is 9.93. The van der Waals surface area contributed by atoms with Crippen molar-refractivity contribution in [2.45, 2.75) is 27.7 Å². The van der Waals surface area contributed by atoms with Gasteiger partial charge in [0.25, 0.3) is 5.91 Å². The van der Waals surface area contributed by atoms with Gasteiger partial charge in [-0.3, -0.25) is 9.89 Å². The summed E-state index contributed by atoms with van der Waals surface area (Å²) in [5, 5.41) is 10.2. The fourth-order valence-corrected chi connectivity index (χ4v) is 2.96. The van der Waals surface area contributed by atoms with Gasteiger partial charge in [-0.1, -0.05) is 0 Å². The molecule has 2 N–H and O–H groups in total. The summed E-state index contributed by atoms with van der Waals surface area (Å²) in [6.45, 7) is 7.45. The van der Waals surface area contributed by atoms with Gasteiger partial charge in [0.05, 0.1) is 22.9 Å². The van der Waals surface area contributed by atoms with Crippen molar-refractivity contribution in [2.75, 3.05) is 11.9 Å². The van der Waals surface area contributed by atoms with Crippen molar-refractivity contribution in [3.63, 3.8) is 0 Å². The second-order valence-corrected chi connectivity index (χ2v) is 5.66. The van der Waals surface area contributed by atoms with Crippen molar-refractivity contribution in [3.8, 4) is 0 Å². The Balaban J connectivity index is 2.19. The molecule has 0 fully saturated rings. The lowest BCUT2D eigenvalue weighted by Crippen LogP contribution is -2.12. The fourth-order valence-electron chi connectivity index (χ4n) is 2.00. The molecule has 2 rings (SSSR count). The number of ether oxygens (including phenoxy) is 1. The van der Waals surface area contributed by atoms with Crippen LogP contribution in [0.2, 0.25) is 0 Å². The summed E-state index contributed by atoms with van der Waals surface area (Å²) in [6, 6.07) is 1.76. The van der Waals surface area contributed by atoms with Crippen molar-refractivity contribution < 1.29 is 14.3 Å². The number of hydrogen-bond donors (Lipinski definition) is 2. The zero-order valence-electron chi connectivity index (χ0n) is 12.4. The Labute approximate surface area is 126 Å². The number of nitrogens with zero attached hydrogens (tertiary/aromatic N) is 1. The number of aryl methyl sites for hydroxylation is 3. The summed E-state index contributed by atoms with van der Waals surface area (Å²) >= 11 is 1.21. The number of nitrogens with one attached hydrogen (secondary N) is 2. The molecule has 0 aliphatic carbocycles. The molecule has 0 bridgehead atoms. The number of hydrogen-bond acceptors (Lipinski definition) is 5. The molecule has 0 aliphatic heterocycles. The third-order valence-corrected chi connectivity index (χ3v) is 4.10. The molecule has 21 heavy (non-hydrogen) atoms. The summed E-state index contributed by atoms with van der Waals surface area (Å²) in [6.07, 6.45) is 0. The molecule has 0 atom stereocenters. The van der Waals surface area contributed by atoms with E-state index < -0.39 is 0 Å². The average Bonchev–Trinajstić information content (AvgIpc) is 2.93. The van der Waals surface area contributed by atoms with Crippen LogP contribution in [0.25, 0.3) is 0 Å². The number of amides is 1. The zero-order valence-corrected chi connectivity index (χ0v) is 13.2. The van der Waals surface area contributed by atoms with E-state index in [1.54, 1.807) is 26.8 Å². The quantitative estimate of drug-likeness (QED) is 0.851. The molecule has 1 amide bonds. The number of anilines is 1.